The Balaban J connectivity index is 3.13. The lowest BCUT2D eigenvalue weighted by molar-refractivity contribution is -0.135. The maximum atomic E-state index is 12.1. The zero-order chi connectivity index (χ0) is 30.6. The van der Waals surface area contributed by atoms with Crippen LogP contribution in [0.2, 0.25) is 58.9 Å². The summed E-state index contributed by atoms with van der Waals surface area (Å²) in [7, 11) is -3.71. The fraction of sp³-hybridized carbons (Fsp3) is 0.806. The van der Waals surface area contributed by atoms with Crippen LogP contribution in [0, 0.1) is 11.8 Å². The van der Waals surface area contributed by atoms with E-state index in [0.717, 1.165) is 44.2 Å². The van der Waals surface area contributed by atoms with Gasteiger partial charge in [0.25, 0.3) is 5.97 Å². The first kappa shape index (κ1) is 37.0. The molecular formula is C31H61NO5Si3. The maximum Gasteiger partial charge on any atom is 0.292 e. The van der Waals surface area contributed by atoms with E-state index in [1.807, 2.05) is 19.6 Å². The van der Waals surface area contributed by atoms with Crippen LogP contribution in [0.3, 0.4) is 0 Å². The smallest absolute Gasteiger partial charge is 0.292 e. The first-order valence-electron chi connectivity index (χ1n) is 15.4. The molecule has 4 atom stereocenters. The molecule has 40 heavy (non-hydrogen) atoms. The lowest BCUT2D eigenvalue weighted by Crippen LogP contribution is -2.40. The summed E-state index contributed by atoms with van der Waals surface area (Å²) in [4.78, 5) is 17.4. The topological polar surface area (TPSA) is 66.4 Å². The second kappa shape index (κ2) is 16.6. The van der Waals surface area contributed by atoms with Gasteiger partial charge in [0.2, 0.25) is 8.32 Å². The monoisotopic (exact) mass is 611 g/mol. The summed E-state index contributed by atoms with van der Waals surface area (Å²) in [6.07, 6.45) is 17.6. The van der Waals surface area contributed by atoms with Gasteiger partial charge in [-0.05, 0) is 91.5 Å². The van der Waals surface area contributed by atoms with Gasteiger partial charge in [-0.3, -0.25) is 4.79 Å². The van der Waals surface area contributed by atoms with Crippen molar-refractivity contribution in [3.05, 3.63) is 24.3 Å². The van der Waals surface area contributed by atoms with E-state index in [2.05, 4.69) is 82.6 Å². The number of carbonyl (C=O) groups excluding carboxylic acids is 1. The second-order valence-corrected chi connectivity index (χ2v) is 27.8. The van der Waals surface area contributed by atoms with Crippen LogP contribution in [0.4, 0.5) is 0 Å². The quantitative estimate of drug-likeness (QED) is 0.0669. The number of nitrogens with zero attached hydrogens (tertiary/aromatic N) is 1. The molecule has 0 N–H and O–H groups in total. The Bertz CT molecular complexity index is 855. The van der Waals surface area contributed by atoms with Crippen molar-refractivity contribution < 1.29 is 22.9 Å². The van der Waals surface area contributed by atoms with E-state index < -0.39 is 25.0 Å². The highest BCUT2D eigenvalue weighted by Crippen LogP contribution is 2.39. The van der Waals surface area contributed by atoms with E-state index in [4.69, 9.17) is 18.1 Å². The van der Waals surface area contributed by atoms with Crippen molar-refractivity contribution in [3.63, 3.8) is 0 Å². The number of hydrogen-bond acceptors (Lipinski definition) is 6. The Labute approximate surface area is 249 Å². The zero-order valence-electron chi connectivity index (χ0n) is 27.9. The van der Waals surface area contributed by atoms with Crippen molar-refractivity contribution in [1.29, 1.82) is 0 Å². The highest BCUT2D eigenvalue weighted by Gasteiger charge is 2.42. The average molecular weight is 612 g/mol. The molecule has 0 amide bonds. The Morgan fingerprint density at radius 3 is 2.20 bits per heavy atom. The number of oxime groups is 1. The average Bonchev–Trinajstić information content (AvgIpc) is 3.07. The molecule has 9 heteroatoms. The third kappa shape index (κ3) is 15.8. The molecule has 1 saturated carbocycles. The van der Waals surface area contributed by atoms with Gasteiger partial charge in [0.15, 0.2) is 16.6 Å². The van der Waals surface area contributed by atoms with Crippen molar-refractivity contribution in [2.45, 2.75) is 142 Å². The summed E-state index contributed by atoms with van der Waals surface area (Å²) < 4.78 is 19.1. The fourth-order valence-corrected chi connectivity index (χ4v) is 8.85. The van der Waals surface area contributed by atoms with Gasteiger partial charge in [0.1, 0.15) is 7.11 Å². The number of allylic oxidation sites excluding steroid dienone is 2. The minimum Gasteiger partial charge on any atom is -0.520 e. The molecule has 1 fully saturated rings. The summed E-state index contributed by atoms with van der Waals surface area (Å²) in [5.41, 5.74) is 0.789. The van der Waals surface area contributed by atoms with Crippen LogP contribution >= 0.6 is 0 Å². The molecule has 0 unspecified atom stereocenters. The minimum absolute atomic E-state index is 0.0723. The molecule has 1 aliphatic rings. The summed E-state index contributed by atoms with van der Waals surface area (Å²) in [5.74, 6) is 0.335. The molecule has 0 bridgehead atoms. The lowest BCUT2D eigenvalue weighted by atomic mass is 9.88. The van der Waals surface area contributed by atoms with Gasteiger partial charge in [-0.1, -0.05) is 55.6 Å². The van der Waals surface area contributed by atoms with Crippen molar-refractivity contribution in [2.24, 2.45) is 17.0 Å². The number of hydrogen-bond donors (Lipinski definition) is 0. The fourth-order valence-electron chi connectivity index (χ4n) is 5.35. The van der Waals surface area contributed by atoms with Crippen molar-refractivity contribution in [3.8, 4) is 0 Å². The molecule has 1 rings (SSSR count). The minimum atomic E-state index is -1.82. The summed E-state index contributed by atoms with van der Waals surface area (Å²) in [5, 5.41) is 4.47. The summed E-state index contributed by atoms with van der Waals surface area (Å²) >= 11 is 0. The van der Waals surface area contributed by atoms with Crippen LogP contribution in [0.15, 0.2) is 29.5 Å². The van der Waals surface area contributed by atoms with Crippen LogP contribution in [-0.4, -0.2) is 55.4 Å². The molecular weight excluding hydrogens is 551 g/mol. The third-order valence-electron chi connectivity index (χ3n) is 6.66. The SMILES string of the molecule is CCCCC[C@@](C)(/C=C/[C@H]1[C@H](O[Si](C)(C)C)C/C(=N\OC)[C@@H]1C/C=C/CCCC(=O)O[Si](C)(C)C)O[Si](C)(C)C. The number of unbranched alkanes of at least 4 members (excludes halogenated alkanes) is 3. The van der Waals surface area contributed by atoms with Gasteiger partial charge in [-0.15, -0.1) is 0 Å². The normalized spacial score (nSPS) is 23.3. The first-order chi connectivity index (χ1) is 18.4. The molecule has 0 aromatic carbocycles. The standard InChI is InChI=1S/C31H61NO5Si3/c1-13-14-19-23-31(2,37-40(10,11)12)24-22-27-26(28(32-34-3)25-29(27)35-38(4,5)6)20-17-15-16-18-21-30(33)36-39(7,8)9/h15,17,22,24,26-27,29H,13-14,16,18-21,23,25H2,1-12H3/b17-15+,24-22+,32-28+/t26-,27-,29-,31+/m1/s1. The summed E-state index contributed by atoms with van der Waals surface area (Å²) in [6, 6.07) is 0. The Morgan fingerprint density at radius 1 is 0.975 bits per heavy atom. The van der Waals surface area contributed by atoms with Gasteiger partial charge in [0.05, 0.1) is 17.4 Å². The maximum absolute atomic E-state index is 12.1. The predicted octanol–water partition coefficient (Wildman–Crippen LogP) is 9.09. The molecule has 6 nitrogen and oxygen atoms in total. The van der Waals surface area contributed by atoms with Gasteiger partial charge >= 0.3 is 0 Å². The van der Waals surface area contributed by atoms with Crippen LogP contribution in [0.25, 0.3) is 0 Å². The molecule has 0 aromatic heterocycles. The molecule has 0 spiro atoms. The zero-order valence-corrected chi connectivity index (χ0v) is 30.9. The van der Waals surface area contributed by atoms with Crippen LogP contribution in [0.1, 0.15) is 71.6 Å². The molecule has 1 aliphatic carbocycles. The molecule has 0 heterocycles. The van der Waals surface area contributed by atoms with E-state index in [9.17, 15) is 4.79 Å². The molecule has 0 aliphatic heterocycles. The second-order valence-electron chi connectivity index (χ2n) is 14.5. The van der Waals surface area contributed by atoms with Crippen LogP contribution in [0.5, 0.6) is 0 Å². The van der Waals surface area contributed by atoms with Crippen molar-refractivity contribution in [1.82, 2.24) is 0 Å². The summed E-state index contributed by atoms with van der Waals surface area (Å²) in [6.45, 7) is 24.2. The van der Waals surface area contributed by atoms with Crippen molar-refractivity contribution in [2.75, 3.05) is 7.11 Å². The van der Waals surface area contributed by atoms with Gasteiger partial charge in [-0.2, -0.15) is 0 Å². The van der Waals surface area contributed by atoms with Gasteiger partial charge in [0, 0.05) is 24.7 Å². The highest BCUT2D eigenvalue weighted by atomic mass is 28.4. The largest absolute Gasteiger partial charge is 0.520 e. The number of carbonyl (C=O) groups is 1. The lowest BCUT2D eigenvalue weighted by Gasteiger charge is -2.35. The number of rotatable bonds is 18. The molecule has 0 radical (unpaired) electrons. The van der Waals surface area contributed by atoms with Gasteiger partial charge < -0.3 is 18.1 Å². The Hall–Kier alpha value is -1.01. The van der Waals surface area contributed by atoms with E-state index in [-0.39, 0.29) is 29.5 Å². The van der Waals surface area contributed by atoms with Gasteiger partial charge in [-0.25, -0.2) is 0 Å². The molecule has 232 valence electrons. The van der Waals surface area contributed by atoms with E-state index in [1.165, 1.54) is 12.8 Å². The predicted molar refractivity (Wildman–Crippen MR) is 177 cm³/mol. The molecule has 0 saturated heterocycles. The van der Waals surface area contributed by atoms with E-state index in [0.29, 0.717) is 6.42 Å². The Morgan fingerprint density at radius 2 is 1.65 bits per heavy atom. The van der Waals surface area contributed by atoms with Crippen LogP contribution in [-0.2, 0) is 22.9 Å². The van der Waals surface area contributed by atoms with E-state index in [1.54, 1.807) is 7.11 Å². The highest BCUT2D eigenvalue weighted by molar-refractivity contribution is 6.71. The van der Waals surface area contributed by atoms with Crippen LogP contribution < -0.4 is 0 Å². The Kier molecular flexibility index (Phi) is 15.3. The van der Waals surface area contributed by atoms with E-state index >= 15 is 0 Å². The van der Waals surface area contributed by atoms with Crippen molar-refractivity contribution >= 4 is 36.6 Å². The first-order valence-corrected chi connectivity index (χ1v) is 25.6. The molecule has 0 aromatic rings. The third-order valence-corrected chi connectivity index (χ3v) is 9.59.